The minimum Gasteiger partial charge on any atom is -0.350 e. The second-order valence-electron chi connectivity index (χ2n) is 3.17. The molecule has 1 aliphatic rings. The average Bonchev–Trinajstić information content (AvgIpc) is 2.34. The molecule has 0 aromatic carbocycles. The first-order valence-corrected chi connectivity index (χ1v) is 4.24. The van der Waals surface area contributed by atoms with Gasteiger partial charge in [-0.3, -0.25) is 0 Å². The van der Waals surface area contributed by atoms with Gasteiger partial charge in [-0.05, 0) is 19.8 Å². The van der Waals surface area contributed by atoms with Crippen LogP contribution in [0, 0.1) is 0 Å². The van der Waals surface area contributed by atoms with E-state index in [9.17, 15) is 0 Å². The zero-order valence-electron chi connectivity index (χ0n) is 7.58. The lowest BCUT2D eigenvalue weighted by Crippen LogP contribution is -2.30. The van der Waals surface area contributed by atoms with Crippen LogP contribution in [0.1, 0.15) is 19.8 Å². The van der Waals surface area contributed by atoms with E-state index in [4.69, 9.17) is 9.47 Å². The fourth-order valence-electron chi connectivity index (χ4n) is 1.51. The molecule has 2 nitrogen and oxygen atoms in total. The van der Waals surface area contributed by atoms with Crippen molar-refractivity contribution in [3.63, 3.8) is 0 Å². The maximum atomic E-state index is 5.66. The summed E-state index contributed by atoms with van der Waals surface area (Å²) in [5.74, 6) is 0. The van der Waals surface area contributed by atoms with Crippen molar-refractivity contribution in [1.82, 2.24) is 0 Å². The Bertz CT molecular complexity index is 165. The van der Waals surface area contributed by atoms with Crippen molar-refractivity contribution in [2.75, 3.05) is 6.61 Å². The highest BCUT2D eigenvalue weighted by Crippen LogP contribution is 2.30. The monoisotopic (exact) mass is 168 g/mol. The van der Waals surface area contributed by atoms with E-state index < -0.39 is 0 Å². The summed E-state index contributed by atoms with van der Waals surface area (Å²) in [5, 5.41) is 0. The van der Waals surface area contributed by atoms with Crippen LogP contribution in [0.2, 0.25) is 0 Å². The summed E-state index contributed by atoms with van der Waals surface area (Å²) < 4.78 is 11.0. The summed E-state index contributed by atoms with van der Waals surface area (Å²) in [6, 6.07) is 0. The summed E-state index contributed by atoms with van der Waals surface area (Å²) in [7, 11) is 0. The van der Waals surface area contributed by atoms with E-state index >= 15 is 0 Å². The number of hydrogen-bond acceptors (Lipinski definition) is 2. The largest absolute Gasteiger partial charge is 0.350 e. The zero-order valence-corrected chi connectivity index (χ0v) is 7.58. The van der Waals surface area contributed by atoms with Crippen LogP contribution < -0.4 is 0 Å². The van der Waals surface area contributed by atoms with E-state index in [1.165, 1.54) is 0 Å². The molecule has 2 heteroatoms. The number of rotatable bonds is 4. The zero-order chi connectivity index (χ0) is 9.03. The van der Waals surface area contributed by atoms with Gasteiger partial charge in [0.2, 0.25) is 0 Å². The number of ether oxygens (including phenoxy) is 2. The van der Waals surface area contributed by atoms with Crippen LogP contribution in [-0.2, 0) is 9.47 Å². The van der Waals surface area contributed by atoms with E-state index in [0.29, 0.717) is 6.61 Å². The highest BCUT2D eigenvalue weighted by molar-refractivity contribution is 4.95. The smallest absolute Gasteiger partial charge is 0.155 e. The molecule has 0 N–H and O–H groups in total. The van der Waals surface area contributed by atoms with Crippen molar-refractivity contribution in [2.24, 2.45) is 0 Å². The fraction of sp³-hybridized carbons (Fsp3) is 0.600. The third kappa shape index (κ3) is 1.96. The van der Waals surface area contributed by atoms with Gasteiger partial charge in [0, 0.05) is 0 Å². The lowest BCUT2D eigenvalue weighted by Gasteiger charge is -2.23. The van der Waals surface area contributed by atoms with Crippen molar-refractivity contribution >= 4 is 0 Å². The highest BCUT2D eigenvalue weighted by atomic mass is 16.7. The first-order valence-electron chi connectivity index (χ1n) is 4.24. The minimum atomic E-state index is -0.192. The van der Waals surface area contributed by atoms with Crippen LogP contribution in [0.15, 0.2) is 25.3 Å². The minimum absolute atomic E-state index is 0.0927. The molecular weight excluding hydrogens is 152 g/mol. The molecule has 0 aliphatic carbocycles. The summed E-state index contributed by atoms with van der Waals surface area (Å²) in [5.41, 5.74) is -0.192. The molecule has 0 saturated carbocycles. The van der Waals surface area contributed by atoms with Crippen LogP contribution in [0.25, 0.3) is 0 Å². The predicted octanol–water partition coefficient (Wildman–Crippen LogP) is 2.27. The molecule has 1 rings (SSSR count). The van der Waals surface area contributed by atoms with Gasteiger partial charge >= 0.3 is 0 Å². The van der Waals surface area contributed by atoms with Gasteiger partial charge in [-0.15, -0.1) is 13.2 Å². The van der Waals surface area contributed by atoms with Gasteiger partial charge in [0.25, 0.3) is 0 Å². The molecule has 1 heterocycles. The third-order valence-electron chi connectivity index (χ3n) is 2.03. The van der Waals surface area contributed by atoms with E-state index in [0.717, 1.165) is 12.8 Å². The molecular formula is C10H16O2. The first kappa shape index (κ1) is 9.49. The Labute approximate surface area is 73.9 Å². The summed E-state index contributed by atoms with van der Waals surface area (Å²) in [6.45, 7) is 9.97. The second kappa shape index (κ2) is 3.87. The maximum Gasteiger partial charge on any atom is 0.155 e. The summed E-state index contributed by atoms with van der Waals surface area (Å²) >= 11 is 0. The lowest BCUT2D eigenvalue weighted by molar-refractivity contribution is -0.0745. The molecule has 1 fully saturated rings. The van der Waals surface area contributed by atoms with E-state index in [1.807, 2.05) is 19.1 Å². The molecule has 0 aromatic heterocycles. The van der Waals surface area contributed by atoms with Gasteiger partial charge in [0.15, 0.2) is 6.29 Å². The molecule has 0 amide bonds. The standard InChI is InChI=1S/C10H16O2/c1-4-6-10(7-5-2)8-11-9(3)12-10/h4-5,9H,1-2,6-8H2,3H3. The van der Waals surface area contributed by atoms with Crippen molar-refractivity contribution in [1.29, 1.82) is 0 Å². The van der Waals surface area contributed by atoms with Crippen LogP contribution in [0.3, 0.4) is 0 Å². The molecule has 12 heavy (non-hydrogen) atoms. The molecule has 0 bridgehead atoms. The Morgan fingerprint density at radius 1 is 1.42 bits per heavy atom. The second-order valence-corrected chi connectivity index (χ2v) is 3.17. The Morgan fingerprint density at radius 3 is 2.33 bits per heavy atom. The van der Waals surface area contributed by atoms with Crippen LogP contribution in [0.4, 0.5) is 0 Å². The van der Waals surface area contributed by atoms with E-state index in [-0.39, 0.29) is 11.9 Å². The van der Waals surface area contributed by atoms with Crippen molar-refractivity contribution < 1.29 is 9.47 Å². The molecule has 0 spiro atoms. The molecule has 0 aromatic rings. The third-order valence-corrected chi connectivity index (χ3v) is 2.03. The Morgan fingerprint density at radius 2 is 2.00 bits per heavy atom. The molecule has 1 saturated heterocycles. The Kier molecular flexibility index (Phi) is 3.06. The lowest BCUT2D eigenvalue weighted by atomic mass is 9.97. The van der Waals surface area contributed by atoms with Crippen molar-refractivity contribution in [2.45, 2.75) is 31.7 Å². The van der Waals surface area contributed by atoms with Gasteiger partial charge in [0.1, 0.15) is 5.60 Å². The molecule has 68 valence electrons. The molecule has 1 atom stereocenters. The van der Waals surface area contributed by atoms with Gasteiger partial charge in [-0.1, -0.05) is 12.2 Å². The van der Waals surface area contributed by atoms with Crippen molar-refractivity contribution in [3.05, 3.63) is 25.3 Å². The van der Waals surface area contributed by atoms with Gasteiger partial charge in [0.05, 0.1) is 6.61 Å². The first-order chi connectivity index (χ1) is 5.72. The van der Waals surface area contributed by atoms with Crippen LogP contribution >= 0.6 is 0 Å². The molecule has 1 aliphatic heterocycles. The maximum absolute atomic E-state index is 5.66. The Balaban J connectivity index is 2.59. The summed E-state index contributed by atoms with van der Waals surface area (Å²) in [6.07, 6.45) is 5.28. The van der Waals surface area contributed by atoms with E-state index in [2.05, 4.69) is 13.2 Å². The van der Waals surface area contributed by atoms with E-state index in [1.54, 1.807) is 0 Å². The topological polar surface area (TPSA) is 18.5 Å². The van der Waals surface area contributed by atoms with Gasteiger partial charge in [-0.2, -0.15) is 0 Å². The van der Waals surface area contributed by atoms with Gasteiger partial charge in [-0.25, -0.2) is 0 Å². The van der Waals surface area contributed by atoms with Crippen LogP contribution in [-0.4, -0.2) is 18.5 Å². The summed E-state index contributed by atoms with van der Waals surface area (Å²) in [4.78, 5) is 0. The predicted molar refractivity (Wildman–Crippen MR) is 48.9 cm³/mol. The van der Waals surface area contributed by atoms with Crippen LogP contribution in [0.5, 0.6) is 0 Å². The quantitative estimate of drug-likeness (QED) is 0.599. The fourth-order valence-corrected chi connectivity index (χ4v) is 1.51. The van der Waals surface area contributed by atoms with Gasteiger partial charge < -0.3 is 9.47 Å². The molecule has 0 radical (unpaired) electrons. The van der Waals surface area contributed by atoms with Crippen molar-refractivity contribution in [3.8, 4) is 0 Å². The average molecular weight is 168 g/mol. The molecule has 1 unspecified atom stereocenters. The Hall–Kier alpha value is -0.600. The SMILES string of the molecule is C=CCC1(CC=C)COC(C)O1. The normalized spacial score (nSPS) is 26.9. The highest BCUT2D eigenvalue weighted by Gasteiger charge is 2.37. The number of hydrogen-bond donors (Lipinski definition) is 0.